The van der Waals surface area contributed by atoms with Crippen molar-refractivity contribution in [3.8, 4) is 5.88 Å². The number of nitrogens with zero attached hydrogens (tertiary/aromatic N) is 2. The van der Waals surface area contributed by atoms with Crippen LogP contribution in [0.1, 0.15) is 55.7 Å². The molecule has 8 heteroatoms. The van der Waals surface area contributed by atoms with Gasteiger partial charge in [-0.25, -0.2) is 19.2 Å². The Kier molecular flexibility index (Phi) is 6.68. The Morgan fingerprint density at radius 3 is 2.70 bits per heavy atom. The van der Waals surface area contributed by atoms with Gasteiger partial charge >= 0.3 is 0 Å². The van der Waals surface area contributed by atoms with E-state index < -0.39 is 28.4 Å². The van der Waals surface area contributed by atoms with Crippen LogP contribution in [-0.2, 0) is 15.6 Å². The largest absolute Gasteiger partial charge is 0.474 e. The zero-order valence-electron chi connectivity index (χ0n) is 19.2. The number of benzene rings is 1. The van der Waals surface area contributed by atoms with Crippen molar-refractivity contribution in [2.45, 2.75) is 56.8 Å². The van der Waals surface area contributed by atoms with E-state index >= 15 is 0 Å². The number of hydrogen-bond donors (Lipinski definition) is 2. The van der Waals surface area contributed by atoms with Crippen LogP contribution in [0.5, 0.6) is 5.88 Å². The maximum absolute atomic E-state index is 14.9. The van der Waals surface area contributed by atoms with Gasteiger partial charge in [-0.05, 0) is 86.4 Å². The van der Waals surface area contributed by atoms with Gasteiger partial charge in [0.25, 0.3) is 5.91 Å². The van der Waals surface area contributed by atoms with E-state index in [9.17, 15) is 18.8 Å². The fraction of sp³-hybridized carbons (Fsp3) is 0.520. The Morgan fingerprint density at radius 1 is 1.24 bits per heavy atom. The smallest absolute Gasteiger partial charge is 0.254 e. The van der Waals surface area contributed by atoms with Gasteiger partial charge in [0.1, 0.15) is 12.4 Å². The van der Waals surface area contributed by atoms with Crippen molar-refractivity contribution in [1.82, 2.24) is 15.4 Å². The van der Waals surface area contributed by atoms with E-state index in [1.807, 2.05) is 6.92 Å². The molecule has 0 spiro atoms. The molecule has 33 heavy (non-hydrogen) atoms. The summed E-state index contributed by atoms with van der Waals surface area (Å²) in [4.78, 5) is 19.4. The lowest BCUT2D eigenvalue weighted by molar-refractivity contribution is -0.135. The van der Waals surface area contributed by atoms with Crippen molar-refractivity contribution in [3.63, 3.8) is 0 Å². The maximum atomic E-state index is 14.9. The summed E-state index contributed by atoms with van der Waals surface area (Å²) in [5.74, 6) is -1.56. The fourth-order valence-corrected chi connectivity index (χ4v) is 5.50. The van der Waals surface area contributed by atoms with Gasteiger partial charge in [0.05, 0.1) is 5.41 Å². The molecule has 2 atom stereocenters. The average Bonchev–Trinajstić information content (AvgIpc) is 3.45. The van der Waals surface area contributed by atoms with Crippen LogP contribution in [0.3, 0.4) is 0 Å². The second-order valence-corrected chi connectivity index (χ2v) is 9.58. The molecule has 1 saturated heterocycles. The zero-order valence-corrected chi connectivity index (χ0v) is 19.2. The fourth-order valence-electron chi connectivity index (χ4n) is 5.50. The van der Waals surface area contributed by atoms with E-state index in [1.165, 1.54) is 25.0 Å². The van der Waals surface area contributed by atoms with Gasteiger partial charge in [-0.3, -0.25) is 14.9 Å². The number of amides is 1. The number of rotatable bonds is 7. The summed E-state index contributed by atoms with van der Waals surface area (Å²) < 4.78 is 34.8. The first-order chi connectivity index (χ1) is 15.8. The molecule has 1 aliphatic carbocycles. The van der Waals surface area contributed by atoms with Gasteiger partial charge in [0.2, 0.25) is 5.88 Å². The number of pyridine rings is 1. The Hall–Kier alpha value is -2.58. The summed E-state index contributed by atoms with van der Waals surface area (Å²) in [5, 5.41) is 9.48. The first-order valence-corrected chi connectivity index (χ1v) is 11.5. The van der Waals surface area contributed by atoms with Crippen LogP contribution in [0.15, 0.2) is 30.5 Å². The first kappa shape index (κ1) is 23.6. The molecule has 1 saturated carbocycles. The Morgan fingerprint density at radius 2 is 2.00 bits per heavy atom. The predicted molar refractivity (Wildman–Crippen MR) is 119 cm³/mol. The van der Waals surface area contributed by atoms with Crippen LogP contribution < -0.4 is 10.2 Å². The molecule has 2 aliphatic rings. The number of carbonyl (C=O) groups excluding carboxylic acids is 1. The zero-order chi connectivity index (χ0) is 23.6. The molecular formula is C25H31F2N3O3. The second kappa shape index (κ2) is 9.35. The van der Waals surface area contributed by atoms with Crippen molar-refractivity contribution >= 4 is 5.91 Å². The van der Waals surface area contributed by atoms with Gasteiger partial charge in [-0.15, -0.1) is 0 Å². The highest BCUT2D eigenvalue weighted by Gasteiger charge is 2.53. The van der Waals surface area contributed by atoms with E-state index in [0.717, 1.165) is 19.6 Å². The summed E-state index contributed by atoms with van der Waals surface area (Å²) >= 11 is 0. The molecule has 1 amide bonds. The van der Waals surface area contributed by atoms with Crippen LogP contribution in [-0.4, -0.2) is 47.2 Å². The molecule has 0 unspecified atom stereocenters. The Balaban J connectivity index is 1.55. The lowest BCUT2D eigenvalue weighted by Gasteiger charge is -2.32. The molecule has 4 rings (SSSR count). The third-order valence-electron chi connectivity index (χ3n) is 7.46. The summed E-state index contributed by atoms with van der Waals surface area (Å²) in [6, 6.07) is 6.05. The van der Waals surface area contributed by atoms with Crippen LogP contribution in [0.25, 0.3) is 0 Å². The normalized spacial score (nSPS) is 25.4. The first-order valence-electron chi connectivity index (χ1n) is 11.5. The number of aromatic nitrogens is 1. The van der Waals surface area contributed by atoms with Crippen LogP contribution in [0.4, 0.5) is 8.78 Å². The van der Waals surface area contributed by atoms with Crippen molar-refractivity contribution in [1.29, 1.82) is 0 Å². The van der Waals surface area contributed by atoms with Crippen LogP contribution >= 0.6 is 0 Å². The van der Waals surface area contributed by atoms with Crippen molar-refractivity contribution in [2.75, 3.05) is 26.2 Å². The van der Waals surface area contributed by atoms with Crippen molar-refractivity contribution in [2.24, 2.45) is 0 Å². The number of halogens is 2. The Bertz CT molecular complexity index is 1030. The maximum Gasteiger partial charge on any atom is 0.254 e. The SMILES string of the molecule is Cc1c(F)cccc1[C@]1(C(=O)NO)CC[C@@](C)(c2cnc(OCCN3CCCC3)c(F)c2)C1. The van der Waals surface area contributed by atoms with Crippen molar-refractivity contribution in [3.05, 3.63) is 58.8 Å². The molecule has 1 aromatic heterocycles. The highest BCUT2D eigenvalue weighted by Crippen LogP contribution is 2.53. The molecule has 0 radical (unpaired) electrons. The van der Waals surface area contributed by atoms with Crippen LogP contribution in [0.2, 0.25) is 0 Å². The summed E-state index contributed by atoms with van der Waals surface area (Å²) in [6.45, 7) is 6.78. The molecule has 1 aliphatic heterocycles. The monoisotopic (exact) mass is 459 g/mol. The Labute approximate surface area is 192 Å². The van der Waals surface area contributed by atoms with Gasteiger partial charge in [0, 0.05) is 12.7 Å². The number of carbonyl (C=O) groups is 1. The van der Waals surface area contributed by atoms with Gasteiger partial charge in [0.15, 0.2) is 5.82 Å². The lowest BCUT2D eigenvalue weighted by atomic mass is 9.72. The van der Waals surface area contributed by atoms with Gasteiger partial charge in [-0.2, -0.15) is 0 Å². The average molecular weight is 460 g/mol. The lowest BCUT2D eigenvalue weighted by Crippen LogP contribution is -2.43. The summed E-state index contributed by atoms with van der Waals surface area (Å²) in [5.41, 5.74) is 1.61. The minimum absolute atomic E-state index is 0.0279. The molecule has 178 valence electrons. The molecule has 2 aromatic rings. The minimum atomic E-state index is -1.13. The van der Waals surface area contributed by atoms with E-state index in [1.54, 1.807) is 30.7 Å². The van der Waals surface area contributed by atoms with E-state index in [2.05, 4.69) is 9.88 Å². The predicted octanol–water partition coefficient (Wildman–Crippen LogP) is 4.03. The second-order valence-electron chi connectivity index (χ2n) is 9.58. The van der Waals surface area contributed by atoms with Crippen molar-refractivity contribution < 1.29 is 23.5 Å². The number of ether oxygens (including phenoxy) is 1. The van der Waals surface area contributed by atoms with E-state index in [0.29, 0.717) is 36.1 Å². The summed E-state index contributed by atoms with van der Waals surface area (Å²) in [7, 11) is 0. The van der Waals surface area contributed by atoms with Gasteiger partial charge in [-0.1, -0.05) is 19.1 Å². The molecule has 2 N–H and O–H groups in total. The minimum Gasteiger partial charge on any atom is -0.474 e. The number of hydrogen-bond acceptors (Lipinski definition) is 5. The third kappa shape index (κ3) is 4.46. The molecule has 1 aromatic carbocycles. The quantitative estimate of drug-likeness (QED) is 0.483. The highest BCUT2D eigenvalue weighted by atomic mass is 19.1. The number of hydroxylamine groups is 1. The standard InChI is InChI=1S/C25H31F2N3O3/c1-17-19(6-5-7-20(17)26)25(23(31)29-32)9-8-24(2,16-25)18-14-21(27)22(28-15-18)33-13-12-30-10-3-4-11-30/h5-7,14-15,32H,3-4,8-13,16H2,1-2H3,(H,29,31)/t24-,25+/m1/s1. The van der Waals surface area contributed by atoms with E-state index in [4.69, 9.17) is 4.74 Å². The molecule has 2 fully saturated rings. The number of nitrogens with one attached hydrogen (secondary N) is 1. The summed E-state index contributed by atoms with van der Waals surface area (Å²) in [6.07, 6.45) is 5.19. The highest BCUT2D eigenvalue weighted by molar-refractivity contribution is 5.88. The third-order valence-corrected chi connectivity index (χ3v) is 7.46. The molecule has 0 bridgehead atoms. The van der Waals surface area contributed by atoms with Gasteiger partial charge < -0.3 is 4.74 Å². The van der Waals surface area contributed by atoms with E-state index in [-0.39, 0.29) is 12.3 Å². The molecule has 2 heterocycles. The molecule has 6 nitrogen and oxygen atoms in total. The van der Waals surface area contributed by atoms with Crippen LogP contribution in [0, 0.1) is 18.6 Å². The topological polar surface area (TPSA) is 74.7 Å². The number of likely N-dealkylation sites (tertiary alicyclic amines) is 1. The molecular weight excluding hydrogens is 428 g/mol.